The molecule has 1 aromatic rings. The third kappa shape index (κ3) is 4.56. The van der Waals surface area contributed by atoms with Crippen LogP contribution in [0.15, 0.2) is 18.2 Å². The number of urea groups is 1. The molecule has 0 bridgehead atoms. The molecule has 3 rings (SSSR count). The van der Waals surface area contributed by atoms with Crippen molar-refractivity contribution in [2.45, 2.75) is 32.4 Å². The lowest BCUT2D eigenvalue weighted by Crippen LogP contribution is -2.51. The molecule has 3 amide bonds. The Morgan fingerprint density at radius 1 is 1.19 bits per heavy atom. The molecule has 0 aromatic heterocycles. The van der Waals surface area contributed by atoms with Crippen molar-refractivity contribution in [3.63, 3.8) is 0 Å². The van der Waals surface area contributed by atoms with Crippen LogP contribution < -0.4 is 10.1 Å². The Kier molecular flexibility index (Phi) is 6.28. The molecule has 0 unspecified atom stereocenters. The van der Waals surface area contributed by atoms with E-state index < -0.39 is 0 Å². The predicted molar refractivity (Wildman–Crippen MR) is 98.7 cm³/mol. The summed E-state index contributed by atoms with van der Waals surface area (Å²) in [6.07, 6.45) is 1.52. The van der Waals surface area contributed by atoms with Gasteiger partial charge in [0.2, 0.25) is 0 Å². The number of imide groups is 1. The summed E-state index contributed by atoms with van der Waals surface area (Å²) in [5.74, 6) is 0.276. The Bertz CT molecular complexity index is 692. The third-order valence-electron chi connectivity index (χ3n) is 5.13. The summed E-state index contributed by atoms with van der Waals surface area (Å²) in [5.41, 5.74) is 0.822. The second kappa shape index (κ2) is 8.67. The first-order chi connectivity index (χ1) is 13.0. The molecule has 0 saturated carbocycles. The van der Waals surface area contributed by atoms with E-state index in [1.165, 1.54) is 17.0 Å². The van der Waals surface area contributed by atoms with Crippen molar-refractivity contribution in [1.82, 2.24) is 20.0 Å². The van der Waals surface area contributed by atoms with Gasteiger partial charge >= 0.3 is 6.03 Å². The Morgan fingerprint density at radius 3 is 2.56 bits per heavy atom. The van der Waals surface area contributed by atoms with Gasteiger partial charge in [0.15, 0.2) is 0 Å². The highest BCUT2D eigenvalue weighted by Crippen LogP contribution is 2.22. The summed E-state index contributed by atoms with van der Waals surface area (Å²) in [7, 11) is 1.58. The predicted octanol–water partition coefficient (Wildman–Crippen LogP) is 1.63. The first-order valence-corrected chi connectivity index (χ1v) is 9.40. The maximum atomic E-state index is 13.5. The molecule has 1 aromatic carbocycles. The number of hydrogen-bond donors (Lipinski definition) is 1. The van der Waals surface area contributed by atoms with Gasteiger partial charge in [0.1, 0.15) is 17.6 Å². The molecule has 2 heterocycles. The number of carbonyl (C=O) groups is 2. The fourth-order valence-electron chi connectivity index (χ4n) is 3.60. The first kappa shape index (κ1) is 19.6. The van der Waals surface area contributed by atoms with Gasteiger partial charge in [0.05, 0.1) is 13.8 Å². The van der Waals surface area contributed by atoms with Gasteiger partial charge in [0, 0.05) is 38.3 Å². The lowest BCUT2D eigenvalue weighted by Gasteiger charge is -2.36. The van der Waals surface area contributed by atoms with Gasteiger partial charge in [-0.1, -0.05) is 13.3 Å². The Hall–Kier alpha value is -2.19. The maximum absolute atomic E-state index is 13.5. The van der Waals surface area contributed by atoms with E-state index in [1.54, 1.807) is 13.2 Å². The summed E-state index contributed by atoms with van der Waals surface area (Å²) in [6, 6.07) is 3.86. The third-order valence-corrected chi connectivity index (χ3v) is 5.13. The summed E-state index contributed by atoms with van der Waals surface area (Å²) in [5, 5.41) is 2.75. The van der Waals surface area contributed by atoms with Gasteiger partial charge in [-0.05, 0) is 24.6 Å². The second-order valence-electron chi connectivity index (χ2n) is 7.05. The van der Waals surface area contributed by atoms with E-state index in [-0.39, 0.29) is 23.8 Å². The van der Waals surface area contributed by atoms with Crippen molar-refractivity contribution in [1.29, 1.82) is 0 Å². The van der Waals surface area contributed by atoms with E-state index in [0.29, 0.717) is 25.4 Å². The van der Waals surface area contributed by atoms with E-state index in [4.69, 9.17) is 4.74 Å². The average Bonchev–Trinajstić information content (AvgIpc) is 2.91. The van der Waals surface area contributed by atoms with E-state index >= 15 is 0 Å². The molecule has 7 nitrogen and oxygen atoms in total. The molecule has 0 radical (unpaired) electrons. The number of methoxy groups -OCH3 is 1. The Labute approximate surface area is 159 Å². The van der Waals surface area contributed by atoms with E-state index in [2.05, 4.69) is 15.1 Å². The van der Waals surface area contributed by atoms with Crippen LogP contribution >= 0.6 is 0 Å². The average molecular weight is 378 g/mol. The topological polar surface area (TPSA) is 65.1 Å². The van der Waals surface area contributed by atoms with Gasteiger partial charge in [-0.15, -0.1) is 0 Å². The summed E-state index contributed by atoms with van der Waals surface area (Å²) >= 11 is 0. The standard InChI is InChI=1S/C19H27FN4O3/c1-3-4-16-18(25)24(19(26)21-16)13-23-9-7-22(8-10-23)12-14-11-15(20)5-6-17(14)27-2/h5-6,11,16H,3-4,7-10,12-13H2,1-2H3,(H,21,26)/t16-/m1/s1. The van der Waals surface area contributed by atoms with E-state index in [9.17, 15) is 14.0 Å². The molecule has 148 valence electrons. The van der Waals surface area contributed by atoms with Gasteiger partial charge in [0.25, 0.3) is 5.91 Å². The van der Waals surface area contributed by atoms with Crippen LogP contribution in [0.3, 0.4) is 0 Å². The molecular weight excluding hydrogens is 351 g/mol. The minimum absolute atomic E-state index is 0.131. The molecule has 1 N–H and O–H groups in total. The molecule has 27 heavy (non-hydrogen) atoms. The van der Waals surface area contributed by atoms with Gasteiger partial charge in [-0.3, -0.25) is 14.6 Å². The Balaban J connectivity index is 1.52. The maximum Gasteiger partial charge on any atom is 0.325 e. The van der Waals surface area contributed by atoms with Crippen LogP contribution in [0.25, 0.3) is 0 Å². The number of piperazine rings is 1. The molecule has 2 fully saturated rings. The van der Waals surface area contributed by atoms with Gasteiger partial charge in [-0.2, -0.15) is 0 Å². The zero-order valence-corrected chi connectivity index (χ0v) is 15.9. The molecule has 0 spiro atoms. The van der Waals surface area contributed by atoms with Crippen molar-refractivity contribution in [2.24, 2.45) is 0 Å². The number of nitrogens with zero attached hydrogens (tertiary/aromatic N) is 3. The van der Waals surface area contributed by atoms with Crippen LogP contribution in [-0.2, 0) is 11.3 Å². The Morgan fingerprint density at radius 2 is 1.89 bits per heavy atom. The van der Waals surface area contributed by atoms with Gasteiger partial charge in [-0.25, -0.2) is 14.1 Å². The van der Waals surface area contributed by atoms with Crippen molar-refractivity contribution >= 4 is 11.9 Å². The number of carbonyl (C=O) groups excluding carboxylic acids is 2. The number of rotatable bonds is 7. The van der Waals surface area contributed by atoms with Crippen LogP contribution in [0.1, 0.15) is 25.3 Å². The van der Waals surface area contributed by atoms with Gasteiger partial charge < -0.3 is 10.1 Å². The van der Waals surface area contributed by atoms with Crippen molar-refractivity contribution in [2.75, 3.05) is 40.0 Å². The second-order valence-corrected chi connectivity index (χ2v) is 7.05. The fourth-order valence-corrected chi connectivity index (χ4v) is 3.60. The minimum Gasteiger partial charge on any atom is -0.496 e. The van der Waals surface area contributed by atoms with Crippen LogP contribution in [0.2, 0.25) is 0 Å². The minimum atomic E-state index is -0.385. The largest absolute Gasteiger partial charge is 0.496 e. The molecule has 2 aliphatic heterocycles. The molecule has 2 aliphatic rings. The highest BCUT2D eigenvalue weighted by atomic mass is 19.1. The normalized spacial score (nSPS) is 21.6. The summed E-state index contributed by atoms with van der Waals surface area (Å²) in [4.78, 5) is 30.0. The SMILES string of the molecule is CCC[C@H]1NC(=O)N(CN2CCN(Cc3cc(F)ccc3OC)CC2)C1=O. The van der Waals surface area contributed by atoms with E-state index in [0.717, 1.165) is 38.2 Å². The lowest BCUT2D eigenvalue weighted by molar-refractivity contribution is -0.129. The lowest BCUT2D eigenvalue weighted by atomic mass is 10.1. The van der Waals surface area contributed by atoms with Crippen LogP contribution in [0, 0.1) is 5.82 Å². The number of ether oxygens (including phenoxy) is 1. The molecule has 8 heteroatoms. The molecule has 0 aliphatic carbocycles. The van der Waals surface area contributed by atoms with E-state index in [1.807, 2.05) is 6.92 Å². The number of benzene rings is 1. The van der Waals surface area contributed by atoms with Crippen molar-refractivity contribution in [3.8, 4) is 5.75 Å². The molecule has 2 saturated heterocycles. The molecular formula is C19H27FN4O3. The smallest absolute Gasteiger partial charge is 0.325 e. The number of nitrogens with one attached hydrogen (secondary N) is 1. The zero-order valence-electron chi connectivity index (χ0n) is 15.9. The molecule has 1 atom stereocenters. The van der Waals surface area contributed by atoms with Crippen molar-refractivity contribution < 1.29 is 18.7 Å². The highest BCUT2D eigenvalue weighted by Gasteiger charge is 2.38. The monoisotopic (exact) mass is 378 g/mol. The van der Waals surface area contributed by atoms with Crippen LogP contribution in [0.4, 0.5) is 9.18 Å². The zero-order chi connectivity index (χ0) is 19.4. The van der Waals surface area contributed by atoms with Crippen LogP contribution in [0.5, 0.6) is 5.75 Å². The number of halogens is 1. The summed E-state index contributed by atoms with van der Waals surface area (Å²) < 4.78 is 18.8. The summed E-state index contributed by atoms with van der Waals surface area (Å²) in [6.45, 7) is 5.97. The highest BCUT2D eigenvalue weighted by molar-refractivity contribution is 6.04. The van der Waals surface area contributed by atoms with Crippen molar-refractivity contribution in [3.05, 3.63) is 29.6 Å². The fraction of sp³-hybridized carbons (Fsp3) is 0.579. The number of hydrogen-bond acceptors (Lipinski definition) is 5. The first-order valence-electron chi connectivity index (χ1n) is 9.40. The quantitative estimate of drug-likeness (QED) is 0.731. The van der Waals surface area contributed by atoms with Crippen LogP contribution in [-0.4, -0.2) is 72.6 Å². The number of amides is 3.